The number of imidazole rings is 1. The molecule has 0 unspecified atom stereocenters. The SMILES string of the molecule is O=c1c2c(ncn1Cc1ccc(O)cc1)ncn2Cc1ccc(O)cc1. The van der Waals surface area contributed by atoms with E-state index in [1.54, 1.807) is 59.4 Å². The molecule has 2 aromatic heterocycles. The van der Waals surface area contributed by atoms with Crippen LogP contribution < -0.4 is 5.56 Å². The van der Waals surface area contributed by atoms with Crippen LogP contribution in [-0.2, 0) is 13.1 Å². The van der Waals surface area contributed by atoms with E-state index in [4.69, 9.17) is 0 Å². The summed E-state index contributed by atoms with van der Waals surface area (Å²) >= 11 is 0. The number of phenolic OH excluding ortho intramolecular Hbond substituents is 2. The van der Waals surface area contributed by atoms with E-state index >= 15 is 0 Å². The van der Waals surface area contributed by atoms with Crippen LogP contribution in [0.25, 0.3) is 11.2 Å². The number of benzene rings is 2. The zero-order valence-corrected chi connectivity index (χ0v) is 13.8. The summed E-state index contributed by atoms with van der Waals surface area (Å²) in [5.41, 5.74) is 2.47. The van der Waals surface area contributed by atoms with Gasteiger partial charge in [0, 0.05) is 6.54 Å². The highest BCUT2D eigenvalue weighted by molar-refractivity contribution is 5.69. The van der Waals surface area contributed by atoms with Crippen molar-refractivity contribution >= 4 is 11.2 Å². The van der Waals surface area contributed by atoms with Gasteiger partial charge in [-0.3, -0.25) is 9.36 Å². The Morgan fingerprint density at radius 1 is 0.731 bits per heavy atom. The predicted molar refractivity (Wildman–Crippen MR) is 96.2 cm³/mol. The van der Waals surface area contributed by atoms with Gasteiger partial charge in [0.15, 0.2) is 11.2 Å². The van der Waals surface area contributed by atoms with Crippen LogP contribution >= 0.6 is 0 Å². The third-order valence-corrected chi connectivity index (χ3v) is 4.18. The summed E-state index contributed by atoms with van der Waals surface area (Å²) in [4.78, 5) is 21.4. The summed E-state index contributed by atoms with van der Waals surface area (Å²) in [5.74, 6) is 0.379. The van der Waals surface area contributed by atoms with Crippen molar-refractivity contribution < 1.29 is 10.2 Å². The molecule has 2 heterocycles. The van der Waals surface area contributed by atoms with Crippen molar-refractivity contribution in [2.75, 3.05) is 0 Å². The molecule has 0 aliphatic heterocycles. The first kappa shape index (κ1) is 15.9. The van der Waals surface area contributed by atoms with Crippen LogP contribution in [0.15, 0.2) is 66.0 Å². The Labute approximate surface area is 148 Å². The molecule has 26 heavy (non-hydrogen) atoms. The Morgan fingerprint density at radius 2 is 1.19 bits per heavy atom. The monoisotopic (exact) mass is 348 g/mol. The third-order valence-electron chi connectivity index (χ3n) is 4.18. The quantitative estimate of drug-likeness (QED) is 0.589. The van der Waals surface area contributed by atoms with Crippen molar-refractivity contribution in [1.82, 2.24) is 19.1 Å². The molecule has 0 amide bonds. The van der Waals surface area contributed by atoms with Crippen LogP contribution in [-0.4, -0.2) is 29.3 Å². The molecule has 2 N–H and O–H groups in total. The average molecular weight is 348 g/mol. The molecular formula is C19H16N4O3. The second-order valence-corrected chi connectivity index (χ2v) is 6.06. The normalized spacial score (nSPS) is 11.1. The predicted octanol–water partition coefficient (Wildman–Crippen LogP) is 2.10. The number of rotatable bonds is 4. The fraction of sp³-hybridized carbons (Fsp3) is 0.105. The van der Waals surface area contributed by atoms with Gasteiger partial charge >= 0.3 is 0 Å². The highest BCUT2D eigenvalue weighted by Gasteiger charge is 2.11. The molecule has 0 aliphatic carbocycles. The van der Waals surface area contributed by atoms with Crippen LogP contribution in [0.4, 0.5) is 0 Å². The van der Waals surface area contributed by atoms with Gasteiger partial charge in [-0.2, -0.15) is 0 Å². The summed E-state index contributed by atoms with van der Waals surface area (Å²) in [6.45, 7) is 0.809. The first-order valence-electron chi connectivity index (χ1n) is 8.06. The van der Waals surface area contributed by atoms with Crippen molar-refractivity contribution in [3.8, 4) is 11.5 Å². The van der Waals surface area contributed by atoms with Gasteiger partial charge in [-0.05, 0) is 35.4 Å². The first-order valence-corrected chi connectivity index (χ1v) is 8.06. The number of phenols is 2. The molecule has 0 spiro atoms. The zero-order valence-electron chi connectivity index (χ0n) is 13.8. The van der Waals surface area contributed by atoms with Gasteiger partial charge in [-0.15, -0.1) is 0 Å². The lowest BCUT2D eigenvalue weighted by atomic mass is 10.2. The smallest absolute Gasteiger partial charge is 0.279 e. The fourth-order valence-corrected chi connectivity index (χ4v) is 2.83. The van der Waals surface area contributed by atoms with E-state index in [0.29, 0.717) is 24.3 Å². The summed E-state index contributed by atoms with van der Waals surface area (Å²) < 4.78 is 3.27. The van der Waals surface area contributed by atoms with Crippen molar-refractivity contribution in [1.29, 1.82) is 0 Å². The van der Waals surface area contributed by atoms with Gasteiger partial charge < -0.3 is 14.8 Å². The van der Waals surface area contributed by atoms with Crippen LogP contribution in [0.2, 0.25) is 0 Å². The topological polar surface area (TPSA) is 93.2 Å². The first-order chi connectivity index (χ1) is 12.6. The van der Waals surface area contributed by atoms with E-state index in [1.165, 1.54) is 10.9 Å². The van der Waals surface area contributed by atoms with Gasteiger partial charge in [0.25, 0.3) is 5.56 Å². The number of fused-ring (bicyclic) bond motifs is 1. The molecule has 7 nitrogen and oxygen atoms in total. The second kappa shape index (κ2) is 6.36. The van der Waals surface area contributed by atoms with E-state index in [-0.39, 0.29) is 17.1 Å². The number of hydrogen-bond donors (Lipinski definition) is 2. The maximum atomic E-state index is 12.9. The maximum absolute atomic E-state index is 12.9. The molecule has 4 aromatic rings. The number of hydrogen-bond acceptors (Lipinski definition) is 5. The minimum absolute atomic E-state index is 0.181. The summed E-state index contributed by atoms with van der Waals surface area (Å²) in [5, 5.41) is 18.8. The molecule has 0 saturated carbocycles. The van der Waals surface area contributed by atoms with Gasteiger partial charge in [0.05, 0.1) is 12.9 Å². The summed E-state index contributed by atoms with van der Waals surface area (Å²) in [7, 11) is 0. The molecule has 130 valence electrons. The van der Waals surface area contributed by atoms with Crippen LogP contribution in [0.1, 0.15) is 11.1 Å². The van der Waals surface area contributed by atoms with Crippen molar-refractivity contribution in [2.45, 2.75) is 13.1 Å². The Kier molecular flexibility index (Phi) is 3.89. The molecule has 0 radical (unpaired) electrons. The van der Waals surface area contributed by atoms with Crippen LogP contribution in [0.3, 0.4) is 0 Å². The number of aromatic nitrogens is 4. The molecule has 0 aliphatic rings. The number of nitrogens with zero attached hydrogens (tertiary/aromatic N) is 4. The Morgan fingerprint density at radius 3 is 1.73 bits per heavy atom. The van der Waals surface area contributed by atoms with E-state index in [0.717, 1.165) is 11.1 Å². The van der Waals surface area contributed by atoms with E-state index in [1.807, 2.05) is 0 Å². The second-order valence-electron chi connectivity index (χ2n) is 6.06. The third kappa shape index (κ3) is 3.02. The molecule has 0 saturated heterocycles. The van der Waals surface area contributed by atoms with E-state index in [9.17, 15) is 15.0 Å². The van der Waals surface area contributed by atoms with Crippen molar-refractivity contribution in [2.24, 2.45) is 0 Å². The molecule has 0 bridgehead atoms. The minimum Gasteiger partial charge on any atom is -0.508 e. The Hall–Kier alpha value is -3.61. The molecular weight excluding hydrogens is 332 g/mol. The summed E-state index contributed by atoms with van der Waals surface area (Å²) in [6, 6.07) is 13.5. The Bertz CT molecular complexity index is 1110. The summed E-state index contributed by atoms with van der Waals surface area (Å²) in [6.07, 6.45) is 3.08. The lowest BCUT2D eigenvalue weighted by molar-refractivity contribution is 0.474. The van der Waals surface area contributed by atoms with Gasteiger partial charge in [0.2, 0.25) is 0 Å². The molecule has 2 aromatic carbocycles. The van der Waals surface area contributed by atoms with Gasteiger partial charge in [-0.25, -0.2) is 9.97 Å². The molecule has 0 atom stereocenters. The number of aromatic hydroxyl groups is 2. The van der Waals surface area contributed by atoms with Crippen molar-refractivity contribution in [3.05, 3.63) is 82.7 Å². The van der Waals surface area contributed by atoms with Gasteiger partial charge in [-0.1, -0.05) is 24.3 Å². The van der Waals surface area contributed by atoms with E-state index < -0.39 is 0 Å². The molecule has 0 fully saturated rings. The minimum atomic E-state index is -0.181. The van der Waals surface area contributed by atoms with Crippen LogP contribution in [0.5, 0.6) is 11.5 Å². The maximum Gasteiger partial charge on any atom is 0.279 e. The molecule has 4 rings (SSSR count). The molecule has 7 heteroatoms. The lowest BCUT2D eigenvalue weighted by Gasteiger charge is -2.08. The zero-order chi connectivity index (χ0) is 18.1. The van der Waals surface area contributed by atoms with Crippen LogP contribution in [0, 0.1) is 0 Å². The Balaban J connectivity index is 1.70. The fourth-order valence-electron chi connectivity index (χ4n) is 2.83. The highest BCUT2D eigenvalue weighted by atomic mass is 16.3. The lowest BCUT2D eigenvalue weighted by Crippen LogP contribution is -2.23. The average Bonchev–Trinajstić information content (AvgIpc) is 3.05. The highest BCUT2D eigenvalue weighted by Crippen LogP contribution is 2.14. The largest absolute Gasteiger partial charge is 0.508 e. The van der Waals surface area contributed by atoms with Crippen molar-refractivity contribution in [3.63, 3.8) is 0 Å². The van der Waals surface area contributed by atoms with E-state index in [2.05, 4.69) is 9.97 Å². The van der Waals surface area contributed by atoms with Gasteiger partial charge in [0.1, 0.15) is 17.8 Å². The standard InChI is InChI=1S/C19H16N4O3/c24-15-5-1-13(2-6-15)9-22-11-20-18-17(22)19(26)23(12-21-18)10-14-3-7-16(25)8-4-14/h1-8,11-12,24-25H,9-10H2.